The minimum absolute atomic E-state index is 0.0190. The third-order valence-corrected chi connectivity index (χ3v) is 2.01. The lowest BCUT2D eigenvalue weighted by atomic mass is 10.2. The van der Waals surface area contributed by atoms with Gasteiger partial charge in [-0.15, -0.1) is 0 Å². The first-order valence-corrected chi connectivity index (χ1v) is 4.86. The van der Waals surface area contributed by atoms with Crippen LogP contribution in [0.5, 0.6) is 0 Å². The fourth-order valence-corrected chi connectivity index (χ4v) is 1.19. The summed E-state index contributed by atoms with van der Waals surface area (Å²) < 4.78 is 64.5. The Bertz CT molecular complexity index is 449. The second kappa shape index (κ2) is 5.65. The molecule has 3 nitrogen and oxygen atoms in total. The molecule has 0 aliphatic rings. The Hall–Kier alpha value is -1.86. The topological polar surface area (TPSA) is 41.1 Å². The highest BCUT2D eigenvalue weighted by Gasteiger charge is 2.25. The van der Waals surface area contributed by atoms with Crippen molar-refractivity contribution in [3.8, 4) is 0 Å². The molecule has 1 rings (SSSR count). The fraction of sp³-hybridized carbons (Fsp3) is 0.300. The van der Waals surface area contributed by atoms with Crippen LogP contribution in [0.1, 0.15) is 6.92 Å². The molecule has 1 aromatic carbocycles. The summed E-state index contributed by atoms with van der Waals surface area (Å²) in [5.41, 5.74) is -1.11. The van der Waals surface area contributed by atoms with Crippen molar-refractivity contribution >= 4 is 11.6 Å². The van der Waals surface area contributed by atoms with E-state index in [1.807, 2.05) is 5.32 Å². The van der Waals surface area contributed by atoms with Gasteiger partial charge in [-0.25, -0.2) is 22.0 Å². The van der Waals surface area contributed by atoms with Gasteiger partial charge in [-0.3, -0.25) is 4.79 Å². The number of benzene rings is 1. The summed E-state index contributed by atoms with van der Waals surface area (Å²) >= 11 is 0. The molecule has 0 bridgehead atoms. The molecule has 0 aliphatic carbocycles. The van der Waals surface area contributed by atoms with Gasteiger partial charge in [-0.1, -0.05) is 0 Å². The summed E-state index contributed by atoms with van der Waals surface area (Å²) in [4.78, 5) is 10.5. The van der Waals surface area contributed by atoms with E-state index in [4.69, 9.17) is 0 Å². The molecule has 2 N–H and O–H groups in total. The van der Waals surface area contributed by atoms with Crippen molar-refractivity contribution in [3.05, 3.63) is 29.1 Å². The van der Waals surface area contributed by atoms with Crippen LogP contribution < -0.4 is 10.6 Å². The molecule has 8 heteroatoms. The molecule has 0 saturated heterocycles. The number of amides is 1. The molecule has 100 valence electrons. The van der Waals surface area contributed by atoms with Crippen LogP contribution in [-0.2, 0) is 4.79 Å². The third kappa shape index (κ3) is 2.88. The molecule has 18 heavy (non-hydrogen) atoms. The van der Waals surface area contributed by atoms with Gasteiger partial charge in [0.05, 0.1) is 0 Å². The third-order valence-electron chi connectivity index (χ3n) is 2.01. The Kier molecular flexibility index (Phi) is 4.46. The predicted molar refractivity (Wildman–Crippen MR) is 53.4 cm³/mol. The molecule has 0 heterocycles. The lowest BCUT2D eigenvalue weighted by Crippen LogP contribution is -2.27. The zero-order valence-corrected chi connectivity index (χ0v) is 9.21. The van der Waals surface area contributed by atoms with Crippen molar-refractivity contribution < 1.29 is 26.7 Å². The first-order chi connectivity index (χ1) is 8.36. The van der Waals surface area contributed by atoms with Crippen LogP contribution in [0.2, 0.25) is 0 Å². The zero-order chi connectivity index (χ0) is 13.9. The van der Waals surface area contributed by atoms with E-state index in [0.29, 0.717) is 0 Å². The van der Waals surface area contributed by atoms with Gasteiger partial charge in [0.1, 0.15) is 5.69 Å². The van der Waals surface area contributed by atoms with Crippen LogP contribution >= 0.6 is 0 Å². The summed E-state index contributed by atoms with van der Waals surface area (Å²) in [5, 5.41) is 4.32. The normalized spacial score (nSPS) is 10.3. The first kappa shape index (κ1) is 14.2. The van der Waals surface area contributed by atoms with Gasteiger partial charge in [0.25, 0.3) is 0 Å². The molecule has 0 aromatic heterocycles. The number of carbonyl (C=O) groups excluding carboxylic acids is 1. The zero-order valence-electron chi connectivity index (χ0n) is 9.21. The smallest absolute Gasteiger partial charge is 0.216 e. The average molecular weight is 268 g/mol. The summed E-state index contributed by atoms with van der Waals surface area (Å²) in [7, 11) is 0. The number of nitrogens with one attached hydrogen (secondary N) is 2. The van der Waals surface area contributed by atoms with E-state index in [2.05, 4.69) is 5.32 Å². The summed E-state index contributed by atoms with van der Waals surface area (Å²) in [6.07, 6.45) is 0. The van der Waals surface area contributed by atoms with Crippen LogP contribution in [-0.4, -0.2) is 19.0 Å². The average Bonchev–Trinajstić information content (AvgIpc) is 2.32. The molecule has 1 aromatic rings. The minimum atomic E-state index is -2.21. The maximum atomic E-state index is 13.1. The highest BCUT2D eigenvalue weighted by Crippen LogP contribution is 2.26. The quantitative estimate of drug-likeness (QED) is 0.379. The van der Waals surface area contributed by atoms with E-state index in [1.165, 1.54) is 6.92 Å². The van der Waals surface area contributed by atoms with Crippen LogP contribution in [0.3, 0.4) is 0 Å². The van der Waals surface area contributed by atoms with Gasteiger partial charge < -0.3 is 10.6 Å². The Labute approximate surface area is 99.0 Å². The van der Waals surface area contributed by atoms with Crippen LogP contribution in [0.4, 0.5) is 27.6 Å². The standard InChI is InChI=1S/C10H9F5N2O/c1-4(18)16-2-3-17-10-8(14)6(12)5(11)7(13)9(10)15/h17H,2-3H2,1H3,(H,16,18). The van der Waals surface area contributed by atoms with E-state index in [-0.39, 0.29) is 19.0 Å². The highest BCUT2D eigenvalue weighted by atomic mass is 19.2. The number of hydrogen-bond donors (Lipinski definition) is 2. The number of carbonyl (C=O) groups is 1. The van der Waals surface area contributed by atoms with Gasteiger partial charge >= 0.3 is 0 Å². The van der Waals surface area contributed by atoms with E-state index in [9.17, 15) is 26.7 Å². The van der Waals surface area contributed by atoms with Crippen molar-refractivity contribution in [1.29, 1.82) is 0 Å². The number of anilines is 1. The van der Waals surface area contributed by atoms with Crippen molar-refractivity contribution in [2.45, 2.75) is 6.92 Å². The van der Waals surface area contributed by atoms with Crippen LogP contribution in [0, 0.1) is 29.1 Å². The fourth-order valence-electron chi connectivity index (χ4n) is 1.19. The molecule has 0 aliphatic heterocycles. The van der Waals surface area contributed by atoms with E-state index < -0.39 is 34.8 Å². The van der Waals surface area contributed by atoms with Crippen LogP contribution in [0.15, 0.2) is 0 Å². The van der Waals surface area contributed by atoms with Crippen LogP contribution in [0.25, 0.3) is 0 Å². The number of rotatable bonds is 4. The second-order valence-electron chi connectivity index (χ2n) is 3.35. The van der Waals surface area contributed by atoms with Gasteiger partial charge in [0.2, 0.25) is 11.7 Å². The minimum Gasteiger partial charge on any atom is -0.378 e. The van der Waals surface area contributed by atoms with E-state index >= 15 is 0 Å². The Morgan fingerprint density at radius 2 is 1.33 bits per heavy atom. The second-order valence-corrected chi connectivity index (χ2v) is 3.35. The molecule has 0 spiro atoms. The van der Waals surface area contributed by atoms with E-state index in [1.54, 1.807) is 0 Å². The monoisotopic (exact) mass is 268 g/mol. The Balaban J connectivity index is 2.86. The predicted octanol–water partition coefficient (Wildman–Crippen LogP) is 1.93. The van der Waals surface area contributed by atoms with Crippen molar-refractivity contribution in [1.82, 2.24) is 5.32 Å². The van der Waals surface area contributed by atoms with Crippen molar-refractivity contribution in [3.63, 3.8) is 0 Å². The lowest BCUT2D eigenvalue weighted by Gasteiger charge is -2.10. The number of hydrogen-bond acceptors (Lipinski definition) is 2. The van der Waals surface area contributed by atoms with E-state index in [0.717, 1.165) is 0 Å². The van der Waals surface area contributed by atoms with Gasteiger partial charge in [0, 0.05) is 20.0 Å². The van der Waals surface area contributed by atoms with Gasteiger partial charge in [-0.2, -0.15) is 0 Å². The van der Waals surface area contributed by atoms with Gasteiger partial charge in [-0.05, 0) is 0 Å². The molecular weight excluding hydrogens is 259 g/mol. The molecule has 0 fully saturated rings. The summed E-state index contributed by atoms with van der Waals surface area (Å²) in [5.74, 6) is -10.5. The maximum Gasteiger partial charge on any atom is 0.216 e. The molecule has 0 saturated carbocycles. The molecule has 0 atom stereocenters. The summed E-state index contributed by atoms with van der Waals surface area (Å²) in [6, 6.07) is 0. The Morgan fingerprint density at radius 3 is 1.78 bits per heavy atom. The summed E-state index contributed by atoms with van der Waals surface area (Å²) in [6.45, 7) is 1.02. The SMILES string of the molecule is CC(=O)NCCNc1c(F)c(F)c(F)c(F)c1F. The molecule has 0 radical (unpaired) electrons. The highest BCUT2D eigenvalue weighted by molar-refractivity contribution is 5.72. The molecule has 0 unspecified atom stereocenters. The molecular formula is C10H9F5N2O. The lowest BCUT2D eigenvalue weighted by molar-refractivity contribution is -0.118. The first-order valence-electron chi connectivity index (χ1n) is 4.86. The van der Waals surface area contributed by atoms with Gasteiger partial charge in [0.15, 0.2) is 23.3 Å². The largest absolute Gasteiger partial charge is 0.378 e. The maximum absolute atomic E-state index is 13.1. The van der Waals surface area contributed by atoms with Crippen molar-refractivity contribution in [2.24, 2.45) is 0 Å². The Morgan fingerprint density at radius 1 is 0.889 bits per heavy atom. The molecule has 1 amide bonds. The van der Waals surface area contributed by atoms with Crippen molar-refractivity contribution in [2.75, 3.05) is 18.4 Å². The number of halogens is 5.